The van der Waals surface area contributed by atoms with Gasteiger partial charge in [0.1, 0.15) is 0 Å². The van der Waals surface area contributed by atoms with Crippen LogP contribution in [0.2, 0.25) is 0 Å². The van der Waals surface area contributed by atoms with Gasteiger partial charge in [-0.05, 0) is 32.4 Å². The van der Waals surface area contributed by atoms with Gasteiger partial charge in [-0.25, -0.2) is 4.79 Å². The first-order valence-corrected chi connectivity index (χ1v) is 6.14. The normalized spacial score (nSPS) is 31.9. The third-order valence-corrected chi connectivity index (χ3v) is 3.64. The Morgan fingerprint density at radius 3 is 3.00 bits per heavy atom. The van der Waals surface area contributed by atoms with Crippen molar-refractivity contribution in [3.8, 4) is 0 Å². The Labute approximate surface area is 96.9 Å². The summed E-state index contributed by atoms with van der Waals surface area (Å²) in [6.45, 7) is 4.33. The Kier molecular flexibility index (Phi) is 3.66. The standard InChI is InChI=1S/C11H22N4O/c1-14-5-2-3-9(7-14)10-8-15(6-4-12)11(16)13-10/h9-10H,2-8,12H2,1H3,(H,13,16). The minimum Gasteiger partial charge on any atom is -0.333 e. The molecule has 0 aromatic carbocycles. The van der Waals surface area contributed by atoms with E-state index in [1.165, 1.54) is 19.4 Å². The molecule has 2 rings (SSSR count). The van der Waals surface area contributed by atoms with E-state index in [1.54, 1.807) is 0 Å². The van der Waals surface area contributed by atoms with Gasteiger partial charge >= 0.3 is 6.03 Å². The van der Waals surface area contributed by atoms with Crippen molar-refractivity contribution in [2.24, 2.45) is 11.7 Å². The zero-order chi connectivity index (χ0) is 11.5. The minimum absolute atomic E-state index is 0.0590. The number of nitrogens with one attached hydrogen (secondary N) is 1. The van der Waals surface area contributed by atoms with E-state index >= 15 is 0 Å². The SMILES string of the molecule is CN1CCCC(C2CN(CCN)C(=O)N2)C1. The number of rotatable bonds is 3. The second kappa shape index (κ2) is 5.01. The topological polar surface area (TPSA) is 61.6 Å². The van der Waals surface area contributed by atoms with Crippen LogP contribution in [0.15, 0.2) is 0 Å². The summed E-state index contributed by atoms with van der Waals surface area (Å²) in [4.78, 5) is 15.8. The molecule has 0 aromatic rings. The summed E-state index contributed by atoms with van der Waals surface area (Å²) in [6.07, 6.45) is 2.47. The quantitative estimate of drug-likeness (QED) is 0.693. The van der Waals surface area contributed by atoms with E-state index in [-0.39, 0.29) is 6.03 Å². The first-order chi connectivity index (χ1) is 7.70. The second-order valence-electron chi connectivity index (χ2n) is 4.96. The number of piperidine rings is 1. The lowest BCUT2D eigenvalue weighted by molar-refractivity contribution is 0.180. The number of urea groups is 1. The van der Waals surface area contributed by atoms with Crippen LogP contribution < -0.4 is 11.1 Å². The van der Waals surface area contributed by atoms with Gasteiger partial charge in [-0.1, -0.05) is 0 Å². The summed E-state index contributed by atoms with van der Waals surface area (Å²) in [5.74, 6) is 0.602. The van der Waals surface area contributed by atoms with Crippen LogP contribution in [0, 0.1) is 5.92 Å². The molecule has 2 unspecified atom stereocenters. The highest BCUT2D eigenvalue weighted by Gasteiger charge is 2.34. The highest BCUT2D eigenvalue weighted by molar-refractivity contribution is 5.76. The molecule has 2 amide bonds. The maximum Gasteiger partial charge on any atom is 0.317 e. The minimum atomic E-state index is 0.0590. The number of nitrogens with zero attached hydrogens (tertiary/aromatic N) is 2. The number of hydrogen-bond donors (Lipinski definition) is 2. The number of carbonyl (C=O) groups is 1. The highest BCUT2D eigenvalue weighted by Crippen LogP contribution is 2.22. The Hall–Kier alpha value is -0.810. The van der Waals surface area contributed by atoms with Crippen molar-refractivity contribution in [1.82, 2.24) is 15.1 Å². The van der Waals surface area contributed by atoms with Crippen molar-refractivity contribution in [1.29, 1.82) is 0 Å². The van der Waals surface area contributed by atoms with Gasteiger partial charge in [0.05, 0.1) is 6.04 Å². The lowest BCUT2D eigenvalue weighted by Gasteiger charge is -2.32. The molecule has 92 valence electrons. The van der Waals surface area contributed by atoms with Gasteiger partial charge in [0.2, 0.25) is 0 Å². The Bertz CT molecular complexity index is 258. The van der Waals surface area contributed by atoms with Crippen LogP contribution in [0.3, 0.4) is 0 Å². The van der Waals surface area contributed by atoms with E-state index in [0.717, 1.165) is 13.1 Å². The molecule has 2 aliphatic rings. The predicted molar refractivity (Wildman–Crippen MR) is 63.2 cm³/mol. The van der Waals surface area contributed by atoms with E-state index in [2.05, 4.69) is 17.3 Å². The maximum absolute atomic E-state index is 11.6. The van der Waals surface area contributed by atoms with Crippen molar-refractivity contribution >= 4 is 6.03 Å². The van der Waals surface area contributed by atoms with Gasteiger partial charge in [0.25, 0.3) is 0 Å². The largest absolute Gasteiger partial charge is 0.333 e. The summed E-state index contributed by atoms with van der Waals surface area (Å²) >= 11 is 0. The first kappa shape index (κ1) is 11.7. The molecule has 16 heavy (non-hydrogen) atoms. The van der Waals surface area contributed by atoms with Crippen molar-refractivity contribution in [3.05, 3.63) is 0 Å². The van der Waals surface area contributed by atoms with Gasteiger partial charge in [-0.3, -0.25) is 0 Å². The van der Waals surface area contributed by atoms with Gasteiger partial charge in [0, 0.05) is 26.2 Å². The summed E-state index contributed by atoms with van der Waals surface area (Å²) in [5.41, 5.74) is 5.49. The van der Waals surface area contributed by atoms with Crippen molar-refractivity contribution < 1.29 is 4.79 Å². The summed E-state index contributed by atoms with van der Waals surface area (Å²) in [7, 11) is 2.15. The molecule has 2 atom stereocenters. The van der Waals surface area contributed by atoms with E-state index < -0.39 is 0 Å². The molecule has 0 saturated carbocycles. The summed E-state index contributed by atoms with van der Waals surface area (Å²) in [6, 6.07) is 0.380. The zero-order valence-electron chi connectivity index (χ0n) is 9.98. The van der Waals surface area contributed by atoms with Gasteiger partial charge in [0.15, 0.2) is 0 Å². The lowest BCUT2D eigenvalue weighted by atomic mass is 9.91. The molecule has 2 heterocycles. The van der Waals surface area contributed by atoms with Crippen LogP contribution in [-0.4, -0.2) is 61.6 Å². The second-order valence-corrected chi connectivity index (χ2v) is 4.96. The molecular formula is C11H22N4O. The molecule has 0 radical (unpaired) electrons. The van der Waals surface area contributed by atoms with Crippen LogP contribution in [0.5, 0.6) is 0 Å². The molecule has 0 spiro atoms. The fraction of sp³-hybridized carbons (Fsp3) is 0.909. The molecule has 0 aromatic heterocycles. The zero-order valence-corrected chi connectivity index (χ0v) is 9.98. The highest BCUT2D eigenvalue weighted by atomic mass is 16.2. The van der Waals surface area contributed by atoms with E-state index in [1.807, 2.05) is 4.90 Å². The Morgan fingerprint density at radius 2 is 2.31 bits per heavy atom. The molecule has 0 aliphatic carbocycles. The van der Waals surface area contributed by atoms with Crippen LogP contribution in [-0.2, 0) is 0 Å². The van der Waals surface area contributed by atoms with Gasteiger partial charge in [-0.15, -0.1) is 0 Å². The number of amides is 2. The molecule has 2 fully saturated rings. The average Bonchev–Trinajstić information content (AvgIpc) is 2.61. The van der Waals surface area contributed by atoms with Crippen molar-refractivity contribution in [2.45, 2.75) is 18.9 Å². The van der Waals surface area contributed by atoms with E-state index in [9.17, 15) is 4.79 Å². The van der Waals surface area contributed by atoms with Gasteiger partial charge < -0.3 is 20.9 Å². The summed E-state index contributed by atoms with van der Waals surface area (Å²) in [5, 5.41) is 3.08. The predicted octanol–water partition coefficient (Wildman–Crippen LogP) is -0.319. The maximum atomic E-state index is 11.6. The number of carbonyl (C=O) groups excluding carboxylic acids is 1. The summed E-state index contributed by atoms with van der Waals surface area (Å²) < 4.78 is 0. The van der Waals surface area contributed by atoms with Crippen LogP contribution in [0.4, 0.5) is 4.79 Å². The van der Waals surface area contributed by atoms with Crippen molar-refractivity contribution in [3.63, 3.8) is 0 Å². The van der Waals surface area contributed by atoms with Crippen LogP contribution >= 0.6 is 0 Å². The molecule has 2 saturated heterocycles. The fourth-order valence-electron chi connectivity index (χ4n) is 2.77. The monoisotopic (exact) mass is 226 g/mol. The molecule has 5 heteroatoms. The Balaban J connectivity index is 1.89. The first-order valence-electron chi connectivity index (χ1n) is 6.14. The molecule has 2 aliphatic heterocycles. The van der Waals surface area contributed by atoms with Gasteiger partial charge in [-0.2, -0.15) is 0 Å². The molecular weight excluding hydrogens is 204 g/mol. The Morgan fingerprint density at radius 1 is 1.50 bits per heavy atom. The van der Waals surface area contributed by atoms with Crippen LogP contribution in [0.25, 0.3) is 0 Å². The average molecular weight is 226 g/mol. The molecule has 5 nitrogen and oxygen atoms in total. The number of likely N-dealkylation sites (tertiary alicyclic amines) is 1. The third-order valence-electron chi connectivity index (χ3n) is 3.64. The fourth-order valence-corrected chi connectivity index (χ4v) is 2.77. The van der Waals surface area contributed by atoms with Crippen LogP contribution in [0.1, 0.15) is 12.8 Å². The van der Waals surface area contributed by atoms with E-state index in [0.29, 0.717) is 25.0 Å². The number of nitrogens with two attached hydrogens (primary N) is 1. The lowest BCUT2D eigenvalue weighted by Crippen LogP contribution is -2.43. The number of hydrogen-bond acceptors (Lipinski definition) is 3. The third kappa shape index (κ3) is 2.47. The van der Waals surface area contributed by atoms with Crippen molar-refractivity contribution in [2.75, 3.05) is 39.8 Å². The molecule has 3 N–H and O–H groups in total. The smallest absolute Gasteiger partial charge is 0.317 e. The van der Waals surface area contributed by atoms with E-state index in [4.69, 9.17) is 5.73 Å². The molecule has 0 bridgehead atoms.